The van der Waals surface area contributed by atoms with E-state index >= 15 is 0 Å². The van der Waals surface area contributed by atoms with Crippen molar-refractivity contribution in [1.82, 2.24) is 0 Å². The van der Waals surface area contributed by atoms with Crippen LogP contribution in [0.2, 0.25) is 0 Å². The third kappa shape index (κ3) is 6.90. The van der Waals surface area contributed by atoms with E-state index in [9.17, 15) is 4.79 Å². The van der Waals surface area contributed by atoms with Gasteiger partial charge in [-0.1, -0.05) is 29.9 Å². The fourth-order valence-corrected chi connectivity index (χ4v) is 3.49. The lowest BCUT2D eigenvalue weighted by molar-refractivity contribution is -0.137. The average molecular weight is 446 g/mol. The molecule has 5 heteroatoms. The highest BCUT2D eigenvalue weighted by Gasteiger charge is 2.02. The predicted molar refractivity (Wildman–Crippen MR) is 102 cm³/mol. The van der Waals surface area contributed by atoms with Gasteiger partial charge in [0.15, 0.2) is 0 Å². The van der Waals surface area contributed by atoms with Crippen molar-refractivity contribution in [2.75, 3.05) is 6.61 Å². The molecule has 0 aliphatic rings. The minimum Gasteiger partial charge on any atom is -0.463 e. The molecule has 2 nitrogen and oxygen atoms in total. The lowest BCUT2D eigenvalue weighted by atomic mass is 10.2. The predicted octanol–water partition coefficient (Wildman–Crippen LogP) is 6.30. The van der Waals surface area contributed by atoms with Crippen LogP contribution >= 0.6 is 43.2 Å². The molecule has 118 valence electrons. The zero-order valence-corrected chi connectivity index (χ0v) is 16.7. The number of rotatable bonds is 6. The van der Waals surface area contributed by atoms with Crippen LogP contribution in [-0.4, -0.2) is 12.6 Å². The Kier molecular flexibility index (Phi) is 8.68. The summed E-state index contributed by atoms with van der Waals surface area (Å²) in [6.45, 7) is 6.08. The van der Waals surface area contributed by atoms with E-state index in [4.69, 9.17) is 4.74 Å². The maximum Gasteiger partial charge on any atom is 0.330 e. The minimum atomic E-state index is -0.307. The zero-order chi connectivity index (χ0) is 16.5. The van der Waals surface area contributed by atoms with E-state index in [2.05, 4.69) is 44.0 Å². The Hall–Kier alpha value is -0.910. The van der Waals surface area contributed by atoms with Crippen molar-refractivity contribution in [3.63, 3.8) is 0 Å². The van der Waals surface area contributed by atoms with Gasteiger partial charge in [-0.15, -0.1) is 11.3 Å². The summed E-state index contributed by atoms with van der Waals surface area (Å²) in [6, 6.07) is 0. The van der Waals surface area contributed by atoms with E-state index in [-0.39, 0.29) is 5.97 Å². The van der Waals surface area contributed by atoms with Gasteiger partial charge in [-0.3, -0.25) is 0 Å². The van der Waals surface area contributed by atoms with E-state index in [0.29, 0.717) is 6.61 Å². The SMILES string of the molecule is CCOC(=O)/C=C(C)/C=C/C=C(C)/C=C/c1scc(Br)c1Br. The Labute approximate surface area is 152 Å². The van der Waals surface area contributed by atoms with Gasteiger partial charge in [0.2, 0.25) is 0 Å². The van der Waals surface area contributed by atoms with Crippen LogP contribution in [-0.2, 0) is 9.53 Å². The lowest BCUT2D eigenvalue weighted by Crippen LogP contribution is -1.99. The number of esters is 1. The summed E-state index contributed by atoms with van der Waals surface area (Å²) >= 11 is 8.68. The first-order valence-corrected chi connectivity index (χ1v) is 9.21. The summed E-state index contributed by atoms with van der Waals surface area (Å²) in [4.78, 5) is 12.4. The summed E-state index contributed by atoms with van der Waals surface area (Å²) in [5, 5.41) is 2.05. The van der Waals surface area contributed by atoms with E-state index in [1.807, 2.05) is 37.5 Å². The van der Waals surface area contributed by atoms with Gasteiger partial charge < -0.3 is 4.74 Å². The summed E-state index contributed by atoms with van der Waals surface area (Å²) in [7, 11) is 0. The first-order chi connectivity index (χ1) is 10.4. The molecule has 0 spiro atoms. The van der Waals surface area contributed by atoms with Crippen LogP contribution in [0, 0.1) is 0 Å². The molecule has 1 heterocycles. The van der Waals surface area contributed by atoms with Crippen LogP contribution < -0.4 is 0 Å². The highest BCUT2D eigenvalue weighted by atomic mass is 79.9. The van der Waals surface area contributed by atoms with Crippen LogP contribution in [0.4, 0.5) is 0 Å². The van der Waals surface area contributed by atoms with Gasteiger partial charge in [-0.05, 0) is 64.3 Å². The maximum absolute atomic E-state index is 11.3. The minimum absolute atomic E-state index is 0.307. The topological polar surface area (TPSA) is 26.3 Å². The molecule has 1 rings (SSSR count). The van der Waals surface area contributed by atoms with Gasteiger partial charge in [0.1, 0.15) is 0 Å². The fraction of sp³-hybridized carbons (Fsp3) is 0.235. The number of allylic oxidation sites excluding steroid dienone is 6. The molecule has 0 unspecified atom stereocenters. The van der Waals surface area contributed by atoms with E-state index in [1.165, 1.54) is 11.0 Å². The molecule has 1 aromatic heterocycles. The highest BCUT2D eigenvalue weighted by molar-refractivity contribution is 9.13. The molecular formula is C17H18Br2O2S. The van der Waals surface area contributed by atoms with Crippen LogP contribution in [0.5, 0.6) is 0 Å². The molecule has 0 amide bonds. The Balaban J connectivity index is 2.64. The molecule has 22 heavy (non-hydrogen) atoms. The number of carbonyl (C=O) groups is 1. The first kappa shape index (κ1) is 19.1. The fourth-order valence-electron chi connectivity index (χ4n) is 1.48. The second-order valence-electron chi connectivity index (χ2n) is 4.51. The molecule has 0 radical (unpaired) electrons. The smallest absolute Gasteiger partial charge is 0.330 e. The Bertz CT molecular complexity index is 637. The molecule has 0 aromatic carbocycles. The molecule has 1 aromatic rings. The van der Waals surface area contributed by atoms with Crippen LogP contribution in [0.1, 0.15) is 25.6 Å². The quantitative estimate of drug-likeness (QED) is 0.291. The highest BCUT2D eigenvalue weighted by Crippen LogP contribution is 2.33. The van der Waals surface area contributed by atoms with Crippen LogP contribution in [0.15, 0.2) is 55.9 Å². The van der Waals surface area contributed by atoms with Crippen molar-refractivity contribution in [2.45, 2.75) is 20.8 Å². The maximum atomic E-state index is 11.3. The van der Waals surface area contributed by atoms with Gasteiger partial charge in [0.05, 0.1) is 6.61 Å². The number of halogens is 2. The summed E-state index contributed by atoms with van der Waals surface area (Å²) in [5.41, 5.74) is 1.98. The van der Waals surface area contributed by atoms with Gasteiger partial charge >= 0.3 is 5.97 Å². The largest absolute Gasteiger partial charge is 0.463 e. The molecular weight excluding hydrogens is 428 g/mol. The van der Waals surface area contributed by atoms with Gasteiger partial charge in [-0.25, -0.2) is 4.79 Å². The van der Waals surface area contributed by atoms with E-state index in [1.54, 1.807) is 18.3 Å². The number of thiophene rings is 1. The average Bonchev–Trinajstić information content (AvgIpc) is 2.76. The molecule has 0 saturated heterocycles. The van der Waals surface area contributed by atoms with Crippen molar-refractivity contribution in [3.8, 4) is 0 Å². The molecule has 0 atom stereocenters. The van der Waals surface area contributed by atoms with Crippen molar-refractivity contribution in [3.05, 3.63) is 60.7 Å². The summed E-state index contributed by atoms with van der Waals surface area (Å²) < 4.78 is 7.00. The normalized spacial score (nSPS) is 13.3. The molecule has 0 saturated carbocycles. The molecule has 0 aliphatic carbocycles. The van der Waals surface area contributed by atoms with Crippen molar-refractivity contribution in [2.24, 2.45) is 0 Å². The third-order valence-corrected chi connectivity index (χ3v) is 6.09. The molecule has 0 fully saturated rings. The van der Waals surface area contributed by atoms with Crippen LogP contribution in [0.3, 0.4) is 0 Å². The first-order valence-electron chi connectivity index (χ1n) is 6.74. The van der Waals surface area contributed by atoms with Crippen molar-refractivity contribution in [1.29, 1.82) is 0 Å². The lowest BCUT2D eigenvalue weighted by Gasteiger charge is -1.96. The van der Waals surface area contributed by atoms with Gasteiger partial charge in [-0.2, -0.15) is 0 Å². The second-order valence-corrected chi connectivity index (χ2v) is 7.06. The summed E-state index contributed by atoms with van der Waals surface area (Å²) in [6.07, 6.45) is 11.4. The monoisotopic (exact) mass is 444 g/mol. The summed E-state index contributed by atoms with van der Waals surface area (Å²) in [5.74, 6) is -0.307. The van der Waals surface area contributed by atoms with Gasteiger partial charge in [0, 0.05) is 25.3 Å². The second kappa shape index (κ2) is 9.98. The number of hydrogen-bond acceptors (Lipinski definition) is 3. The third-order valence-electron chi connectivity index (χ3n) is 2.56. The number of hydrogen-bond donors (Lipinski definition) is 0. The standard InChI is InChI=1S/C17H18Br2O2S/c1-4-21-16(20)10-13(3)7-5-6-12(2)8-9-15-17(19)14(18)11-22-15/h5-11H,4H2,1-3H3/b7-5+,9-8+,12-6+,13-10+. The van der Waals surface area contributed by atoms with Crippen molar-refractivity contribution < 1.29 is 9.53 Å². The molecule has 0 aliphatic heterocycles. The van der Waals surface area contributed by atoms with Gasteiger partial charge in [0.25, 0.3) is 0 Å². The van der Waals surface area contributed by atoms with E-state index in [0.717, 1.165) is 20.1 Å². The Morgan fingerprint density at radius 3 is 2.59 bits per heavy atom. The number of ether oxygens (including phenoxy) is 1. The molecule has 0 N–H and O–H groups in total. The van der Waals surface area contributed by atoms with Crippen molar-refractivity contribution >= 4 is 55.2 Å². The Morgan fingerprint density at radius 1 is 1.27 bits per heavy atom. The molecule has 0 bridgehead atoms. The number of carbonyl (C=O) groups excluding carboxylic acids is 1. The van der Waals surface area contributed by atoms with E-state index < -0.39 is 0 Å². The van der Waals surface area contributed by atoms with Crippen LogP contribution in [0.25, 0.3) is 6.08 Å². The Morgan fingerprint density at radius 2 is 2.00 bits per heavy atom. The zero-order valence-electron chi connectivity index (χ0n) is 12.7.